The number of hydrogen-bond donors (Lipinski definition) is 3. The molecule has 7 aromatic carbocycles. The fraction of sp³-hybridized carbons (Fsp3) is 0.172. The number of thioether (sulfide) groups is 2. The molecule has 0 aliphatic heterocycles. The molecule has 0 radical (unpaired) electrons. The highest BCUT2D eigenvalue weighted by Crippen LogP contribution is 2.50. The highest BCUT2D eigenvalue weighted by molar-refractivity contribution is 8.00. The molecule has 8 nitrogen and oxygen atoms in total. The summed E-state index contributed by atoms with van der Waals surface area (Å²) in [6, 6.07) is 71.9. The molecule has 2 atom stereocenters. The van der Waals surface area contributed by atoms with Crippen molar-refractivity contribution in [1.29, 1.82) is 0 Å². The molecule has 4 N–H and O–H groups in total. The molecule has 0 aliphatic rings. The van der Waals surface area contributed by atoms with Crippen molar-refractivity contribution in [2.24, 2.45) is 19.8 Å². The standard InChI is InChI=1S/C36H33N3O3S.C22H23NOS/c1-37-31-23-39(33(26-15-7-3-8-16-26)32(31)34(41)38(2)35(37)42)30(24-40)25-43-36(27-17-9-4-10-18-27,28-19-11-5-12-20-28)29-21-13-6-14-22-29;23-21(16-24)17-25-22(18-10-4-1-5-11-18,19-12-6-2-7-13-19)20-14-8-3-9-15-20/h3-23,30,40H,24-25H2,1-2H3;1-15,21,24H,16-17,23H2/t30-;21-/m00/s1. The molecular weight excluding hydrogens is 881 g/mol. The van der Waals surface area contributed by atoms with E-state index < -0.39 is 10.8 Å². The van der Waals surface area contributed by atoms with E-state index in [4.69, 9.17) is 5.73 Å². The van der Waals surface area contributed by atoms with Gasteiger partial charge in [-0.3, -0.25) is 13.9 Å². The van der Waals surface area contributed by atoms with E-state index in [0.717, 1.165) is 26.8 Å². The average Bonchev–Trinajstić information content (AvgIpc) is 3.82. The number of rotatable bonds is 16. The minimum absolute atomic E-state index is 0.0125. The molecule has 2 aromatic heterocycles. The molecule has 0 unspecified atom stereocenters. The Balaban J connectivity index is 0.000000212. The van der Waals surface area contributed by atoms with Crippen LogP contribution in [0.15, 0.2) is 228 Å². The molecule has 9 rings (SSSR count). The van der Waals surface area contributed by atoms with Crippen molar-refractivity contribution < 1.29 is 10.2 Å². The lowest BCUT2D eigenvalue weighted by molar-refractivity contribution is 0.242. The number of aryl methyl sites for hydroxylation is 1. The Labute approximate surface area is 406 Å². The van der Waals surface area contributed by atoms with E-state index in [0.29, 0.717) is 28.1 Å². The summed E-state index contributed by atoms with van der Waals surface area (Å²) in [4.78, 5) is 26.5. The van der Waals surface area contributed by atoms with Crippen LogP contribution in [0.5, 0.6) is 0 Å². The van der Waals surface area contributed by atoms with Gasteiger partial charge in [0.15, 0.2) is 0 Å². The van der Waals surface area contributed by atoms with Gasteiger partial charge in [-0.15, -0.1) is 23.5 Å². The molecule has 0 spiro atoms. The first-order chi connectivity index (χ1) is 33.2. The number of hydrogen-bond acceptors (Lipinski definition) is 7. The van der Waals surface area contributed by atoms with E-state index in [-0.39, 0.29) is 35.3 Å². The van der Waals surface area contributed by atoms with Crippen molar-refractivity contribution in [3.8, 4) is 11.3 Å². The van der Waals surface area contributed by atoms with Crippen LogP contribution in [0.2, 0.25) is 0 Å². The summed E-state index contributed by atoms with van der Waals surface area (Å²) in [6.07, 6.45) is 1.84. The van der Waals surface area contributed by atoms with E-state index in [1.54, 1.807) is 30.6 Å². The van der Waals surface area contributed by atoms with Gasteiger partial charge in [0.2, 0.25) is 0 Å². The van der Waals surface area contributed by atoms with Crippen molar-refractivity contribution in [3.05, 3.63) is 273 Å². The first-order valence-electron chi connectivity index (χ1n) is 22.7. The van der Waals surface area contributed by atoms with Gasteiger partial charge in [0.05, 0.1) is 45.3 Å². The third-order valence-corrected chi connectivity index (χ3v) is 15.9. The predicted molar refractivity (Wildman–Crippen MR) is 282 cm³/mol. The Morgan fingerprint density at radius 1 is 0.485 bits per heavy atom. The second-order valence-corrected chi connectivity index (χ2v) is 19.1. The Hall–Kier alpha value is -6.66. The van der Waals surface area contributed by atoms with Crippen LogP contribution in [0, 0.1) is 0 Å². The van der Waals surface area contributed by atoms with Crippen molar-refractivity contribution in [2.75, 3.05) is 24.7 Å². The van der Waals surface area contributed by atoms with Gasteiger partial charge in [0, 0.05) is 37.8 Å². The molecule has 0 saturated heterocycles. The first-order valence-corrected chi connectivity index (χ1v) is 24.7. The molecule has 0 aliphatic carbocycles. The van der Waals surface area contributed by atoms with Crippen LogP contribution >= 0.6 is 23.5 Å². The number of aliphatic hydroxyl groups excluding tert-OH is 2. The molecule has 0 bridgehead atoms. The average molecular weight is 937 g/mol. The van der Waals surface area contributed by atoms with E-state index >= 15 is 0 Å². The zero-order chi connectivity index (χ0) is 47.5. The number of benzene rings is 7. The van der Waals surface area contributed by atoms with Gasteiger partial charge in [-0.2, -0.15) is 0 Å². The van der Waals surface area contributed by atoms with Gasteiger partial charge < -0.3 is 20.5 Å². The van der Waals surface area contributed by atoms with E-state index in [1.807, 2.05) is 77.5 Å². The van der Waals surface area contributed by atoms with Crippen LogP contribution in [-0.4, -0.2) is 54.7 Å². The summed E-state index contributed by atoms with van der Waals surface area (Å²) in [5.74, 6) is 1.18. The van der Waals surface area contributed by atoms with Crippen molar-refractivity contribution >= 4 is 34.4 Å². The molecule has 10 heteroatoms. The largest absolute Gasteiger partial charge is 0.395 e. The van der Waals surface area contributed by atoms with Crippen molar-refractivity contribution in [3.63, 3.8) is 0 Å². The molecule has 9 aromatic rings. The molecule has 344 valence electrons. The minimum atomic E-state index is -0.570. The molecule has 0 fully saturated rings. The molecule has 68 heavy (non-hydrogen) atoms. The fourth-order valence-electron chi connectivity index (χ4n) is 9.00. The third-order valence-electron chi connectivity index (χ3n) is 12.4. The zero-order valence-electron chi connectivity index (χ0n) is 38.2. The minimum Gasteiger partial charge on any atom is -0.395 e. The highest BCUT2D eigenvalue weighted by Gasteiger charge is 2.39. The van der Waals surface area contributed by atoms with Gasteiger partial charge in [-0.25, -0.2) is 4.79 Å². The number of aromatic nitrogens is 3. The Morgan fingerprint density at radius 3 is 1.16 bits per heavy atom. The summed E-state index contributed by atoms with van der Waals surface area (Å²) in [6.45, 7) is -0.169. The van der Waals surface area contributed by atoms with Crippen LogP contribution in [0.25, 0.3) is 22.2 Å². The topological polar surface area (TPSA) is 115 Å². The Kier molecular flexibility index (Phi) is 15.5. The van der Waals surface area contributed by atoms with Crippen molar-refractivity contribution in [1.82, 2.24) is 13.7 Å². The zero-order valence-corrected chi connectivity index (χ0v) is 39.8. The lowest BCUT2D eigenvalue weighted by atomic mass is 9.84. The molecule has 0 saturated carbocycles. The SMILES string of the molecule is Cn1c(=O)c2c(-c3ccccc3)n([C@@H](CO)CSC(c3ccccc3)(c3ccccc3)c3ccccc3)cc2n(C)c1=O.N[C@@H](CO)CSC(c1ccccc1)(c1ccccc1)c1ccccc1. The van der Waals surface area contributed by atoms with E-state index in [1.165, 1.54) is 28.3 Å². The van der Waals surface area contributed by atoms with Gasteiger partial charge in [-0.1, -0.05) is 212 Å². The van der Waals surface area contributed by atoms with Gasteiger partial charge in [-0.05, 0) is 38.9 Å². The van der Waals surface area contributed by atoms with Gasteiger partial charge in [0.25, 0.3) is 5.56 Å². The molecule has 2 heterocycles. The molecule has 0 amide bonds. The van der Waals surface area contributed by atoms with Crippen LogP contribution in [0.3, 0.4) is 0 Å². The maximum atomic E-state index is 13.6. The predicted octanol–water partition coefficient (Wildman–Crippen LogP) is 10.00. The summed E-state index contributed by atoms with van der Waals surface area (Å²) >= 11 is 3.53. The first kappa shape index (κ1) is 47.8. The smallest absolute Gasteiger partial charge is 0.330 e. The lowest BCUT2D eigenvalue weighted by Gasteiger charge is -2.36. The quantitative estimate of drug-likeness (QED) is 0.0827. The number of nitrogens with two attached hydrogens (primary N) is 1. The van der Waals surface area contributed by atoms with Crippen molar-refractivity contribution in [2.45, 2.75) is 21.6 Å². The summed E-state index contributed by atoms with van der Waals surface area (Å²) in [5.41, 5.74) is 14.4. The van der Waals surface area contributed by atoms with E-state index in [2.05, 4.69) is 146 Å². The summed E-state index contributed by atoms with van der Waals surface area (Å²) in [7, 11) is 3.18. The van der Waals surface area contributed by atoms with Gasteiger partial charge >= 0.3 is 5.69 Å². The second-order valence-electron chi connectivity index (χ2n) is 16.7. The molecular formula is C58H56N4O4S2. The van der Waals surface area contributed by atoms with Gasteiger partial charge in [0.1, 0.15) is 0 Å². The van der Waals surface area contributed by atoms with Crippen LogP contribution < -0.4 is 17.0 Å². The maximum Gasteiger partial charge on any atom is 0.330 e. The summed E-state index contributed by atoms with van der Waals surface area (Å²) < 4.78 is 3.70. The number of nitrogens with zero attached hydrogens (tertiary/aromatic N) is 3. The Morgan fingerprint density at radius 2 is 0.824 bits per heavy atom. The highest BCUT2D eigenvalue weighted by atomic mass is 32.2. The summed E-state index contributed by atoms with van der Waals surface area (Å²) in [5, 5.41) is 20.8. The van der Waals surface area contributed by atoms with Crippen LogP contribution in [-0.2, 0) is 23.6 Å². The number of aliphatic hydroxyl groups is 2. The second kappa shape index (κ2) is 22.0. The monoisotopic (exact) mass is 936 g/mol. The third kappa shape index (κ3) is 9.56. The van der Waals surface area contributed by atoms with E-state index in [9.17, 15) is 19.8 Å². The Bertz CT molecular complexity index is 2920. The normalized spacial score (nSPS) is 12.5. The maximum absolute atomic E-state index is 13.6. The fourth-order valence-corrected chi connectivity index (χ4v) is 12.1. The van der Waals surface area contributed by atoms with Crippen LogP contribution in [0.4, 0.5) is 0 Å². The lowest BCUT2D eigenvalue weighted by Crippen LogP contribution is -2.36. The van der Waals surface area contributed by atoms with Crippen LogP contribution in [0.1, 0.15) is 39.4 Å². The number of fused-ring (bicyclic) bond motifs is 1.